The number of benzene rings is 1. The van der Waals surface area contributed by atoms with Gasteiger partial charge in [0.2, 0.25) is 5.95 Å². The molecule has 1 fully saturated rings. The van der Waals surface area contributed by atoms with Crippen molar-refractivity contribution in [3.8, 4) is 0 Å². The van der Waals surface area contributed by atoms with E-state index in [1.54, 1.807) is 6.07 Å². The van der Waals surface area contributed by atoms with Gasteiger partial charge in [-0.25, -0.2) is 4.39 Å². The SMILES string of the molecule is Cc1c(C(=O)N2CCC(c3nc(N)n[nH]3)CC2)n(C)c2ccc(F)cc12. The fraction of sp³-hybridized carbons (Fsp3) is 0.389. The summed E-state index contributed by atoms with van der Waals surface area (Å²) in [6.07, 6.45) is 1.61. The molecule has 136 valence electrons. The highest BCUT2D eigenvalue weighted by atomic mass is 19.1. The van der Waals surface area contributed by atoms with E-state index in [1.807, 2.05) is 23.4 Å². The number of likely N-dealkylation sites (tertiary alicyclic amines) is 1. The van der Waals surface area contributed by atoms with Gasteiger partial charge in [0.05, 0.1) is 0 Å². The smallest absolute Gasteiger partial charge is 0.270 e. The third-order valence-electron chi connectivity index (χ3n) is 5.31. The molecule has 1 aliphatic heterocycles. The van der Waals surface area contributed by atoms with E-state index < -0.39 is 0 Å². The van der Waals surface area contributed by atoms with Crippen molar-refractivity contribution in [1.29, 1.82) is 0 Å². The second-order valence-corrected chi connectivity index (χ2v) is 6.84. The topological polar surface area (TPSA) is 92.8 Å². The van der Waals surface area contributed by atoms with Gasteiger partial charge in [-0.1, -0.05) is 0 Å². The van der Waals surface area contributed by atoms with Gasteiger partial charge >= 0.3 is 0 Å². The van der Waals surface area contributed by atoms with Crippen LogP contribution in [0.4, 0.5) is 10.3 Å². The maximum absolute atomic E-state index is 13.6. The summed E-state index contributed by atoms with van der Waals surface area (Å²) in [6, 6.07) is 4.63. The Morgan fingerprint density at radius 1 is 1.35 bits per heavy atom. The minimum absolute atomic E-state index is 0.0165. The Bertz CT molecular complexity index is 983. The first kappa shape index (κ1) is 16.6. The minimum atomic E-state index is -0.294. The average molecular weight is 356 g/mol. The monoisotopic (exact) mass is 356 g/mol. The highest BCUT2D eigenvalue weighted by molar-refractivity contribution is 6.01. The summed E-state index contributed by atoms with van der Waals surface area (Å²) in [6.45, 7) is 3.15. The van der Waals surface area contributed by atoms with Crippen molar-refractivity contribution in [2.24, 2.45) is 7.05 Å². The number of carbonyl (C=O) groups excluding carboxylic acids is 1. The average Bonchev–Trinajstić information content (AvgIpc) is 3.17. The Morgan fingerprint density at radius 3 is 2.73 bits per heavy atom. The number of hydrogen-bond acceptors (Lipinski definition) is 4. The molecule has 26 heavy (non-hydrogen) atoms. The number of nitrogens with zero attached hydrogens (tertiary/aromatic N) is 4. The second-order valence-electron chi connectivity index (χ2n) is 6.84. The van der Waals surface area contributed by atoms with Crippen molar-refractivity contribution in [3.05, 3.63) is 41.1 Å². The molecule has 0 saturated carbocycles. The van der Waals surface area contributed by atoms with Gasteiger partial charge in [-0.3, -0.25) is 9.89 Å². The molecule has 0 aliphatic carbocycles. The number of amides is 1. The number of rotatable bonds is 2. The van der Waals surface area contributed by atoms with Crippen molar-refractivity contribution in [3.63, 3.8) is 0 Å². The lowest BCUT2D eigenvalue weighted by Crippen LogP contribution is -2.39. The molecule has 7 nitrogen and oxygen atoms in total. The third kappa shape index (κ3) is 2.61. The number of nitrogen functional groups attached to an aromatic ring is 1. The summed E-state index contributed by atoms with van der Waals surface area (Å²) in [7, 11) is 1.85. The predicted molar refractivity (Wildman–Crippen MR) is 96.3 cm³/mol. The number of fused-ring (bicyclic) bond motifs is 1. The number of anilines is 1. The van der Waals surface area contributed by atoms with Crippen LogP contribution in [0.15, 0.2) is 18.2 Å². The van der Waals surface area contributed by atoms with Crippen LogP contribution in [0.25, 0.3) is 10.9 Å². The molecular weight excluding hydrogens is 335 g/mol. The third-order valence-corrected chi connectivity index (χ3v) is 5.31. The molecule has 0 atom stereocenters. The molecular formula is C18H21FN6O. The number of nitrogens with two attached hydrogens (primary N) is 1. The Balaban J connectivity index is 1.56. The standard InChI is InChI=1S/C18H21FN6O/c1-10-13-9-12(19)3-4-14(13)24(2)15(10)17(26)25-7-5-11(6-8-25)16-21-18(20)23-22-16/h3-4,9,11H,5-8H2,1-2H3,(H3,20,21,22,23). The van der Waals surface area contributed by atoms with Gasteiger partial charge in [0, 0.05) is 37.0 Å². The molecule has 0 spiro atoms. The lowest BCUT2D eigenvalue weighted by Gasteiger charge is -2.31. The maximum Gasteiger partial charge on any atom is 0.270 e. The molecule has 0 radical (unpaired) electrons. The molecule has 4 rings (SSSR count). The fourth-order valence-electron chi connectivity index (χ4n) is 3.88. The Labute approximate surface area is 150 Å². The Hall–Kier alpha value is -2.90. The molecule has 1 saturated heterocycles. The van der Waals surface area contributed by atoms with Crippen molar-refractivity contribution in [2.45, 2.75) is 25.7 Å². The van der Waals surface area contributed by atoms with Gasteiger partial charge in [0.25, 0.3) is 5.91 Å². The van der Waals surface area contributed by atoms with Crippen LogP contribution in [0, 0.1) is 12.7 Å². The molecule has 3 aromatic rings. The van der Waals surface area contributed by atoms with Crippen molar-refractivity contribution < 1.29 is 9.18 Å². The van der Waals surface area contributed by atoms with Gasteiger partial charge in [-0.2, -0.15) is 4.98 Å². The lowest BCUT2D eigenvalue weighted by molar-refractivity contribution is 0.0701. The second kappa shape index (κ2) is 6.12. The molecule has 3 N–H and O–H groups in total. The highest BCUT2D eigenvalue weighted by Crippen LogP contribution is 2.30. The van der Waals surface area contributed by atoms with Gasteiger partial charge in [0.15, 0.2) is 0 Å². The highest BCUT2D eigenvalue weighted by Gasteiger charge is 2.29. The van der Waals surface area contributed by atoms with Crippen LogP contribution in [0.2, 0.25) is 0 Å². The summed E-state index contributed by atoms with van der Waals surface area (Å²) in [4.78, 5) is 19.1. The molecule has 2 aromatic heterocycles. The summed E-state index contributed by atoms with van der Waals surface area (Å²) >= 11 is 0. The van der Waals surface area contributed by atoms with Gasteiger partial charge < -0.3 is 15.2 Å². The summed E-state index contributed by atoms with van der Waals surface area (Å²) in [5, 5.41) is 7.52. The van der Waals surface area contributed by atoms with Crippen molar-refractivity contribution in [2.75, 3.05) is 18.8 Å². The molecule has 1 amide bonds. The number of carbonyl (C=O) groups is 1. The molecule has 0 unspecified atom stereocenters. The van der Waals surface area contributed by atoms with E-state index in [1.165, 1.54) is 12.1 Å². The number of piperidine rings is 1. The van der Waals surface area contributed by atoms with Gasteiger partial charge in [-0.05, 0) is 43.5 Å². The first-order valence-corrected chi connectivity index (χ1v) is 8.67. The van der Waals surface area contributed by atoms with Crippen LogP contribution in [0.5, 0.6) is 0 Å². The Kier molecular flexibility index (Phi) is 3.90. The number of halogens is 1. The van der Waals surface area contributed by atoms with E-state index in [0.717, 1.165) is 35.1 Å². The van der Waals surface area contributed by atoms with Crippen LogP contribution in [0.1, 0.15) is 40.6 Å². The number of H-pyrrole nitrogens is 1. The van der Waals surface area contributed by atoms with E-state index in [0.29, 0.717) is 18.8 Å². The Morgan fingerprint density at radius 2 is 2.08 bits per heavy atom. The number of aryl methyl sites for hydroxylation is 2. The van der Waals surface area contributed by atoms with E-state index in [-0.39, 0.29) is 23.6 Å². The molecule has 1 aromatic carbocycles. The summed E-state index contributed by atoms with van der Waals surface area (Å²) in [5.41, 5.74) is 7.87. The maximum atomic E-state index is 13.6. The zero-order valence-corrected chi connectivity index (χ0v) is 14.8. The summed E-state index contributed by atoms with van der Waals surface area (Å²) in [5.74, 6) is 0.948. The zero-order valence-electron chi connectivity index (χ0n) is 14.8. The quantitative estimate of drug-likeness (QED) is 0.737. The van der Waals surface area contributed by atoms with Gasteiger partial charge in [-0.15, -0.1) is 5.10 Å². The van der Waals surface area contributed by atoms with E-state index >= 15 is 0 Å². The normalized spacial score (nSPS) is 15.7. The van der Waals surface area contributed by atoms with Crippen LogP contribution in [-0.2, 0) is 7.05 Å². The molecule has 8 heteroatoms. The van der Waals surface area contributed by atoms with Crippen LogP contribution >= 0.6 is 0 Å². The first-order chi connectivity index (χ1) is 12.5. The van der Waals surface area contributed by atoms with Crippen LogP contribution < -0.4 is 5.73 Å². The summed E-state index contributed by atoms with van der Waals surface area (Å²) < 4.78 is 15.4. The van der Waals surface area contributed by atoms with E-state index in [2.05, 4.69) is 15.2 Å². The van der Waals surface area contributed by atoms with Crippen LogP contribution in [0.3, 0.4) is 0 Å². The lowest BCUT2D eigenvalue weighted by atomic mass is 9.96. The number of aromatic nitrogens is 4. The van der Waals surface area contributed by atoms with Crippen molar-refractivity contribution >= 4 is 22.8 Å². The molecule has 3 heterocycles. The largest absolute Gasteiger partial charge is 0.367 e. The fourth-order valence-corrected chi connectivity index (χ4v) is 3.88. The van der Waals surface area contributed by atoms with E-state index in [9.17, 15) is 9.18 Å². The zero-order chi connectivity index (χ0) is 18.4. The molecule has 1 aliphatic rings. The predicted octanol–water partition coefficient (Wildman–Crippen LogP) is 2.35. The number of aromatic amines is 1. The molecule has 0 bridgehead atoms. The first-order valence-electron chi connectivity index (χ1n) is 8.67. The van der Waals surface area contributed by atoms with Crippen molar-refractivity contribution in [1.82, 2.24) is 24.6 Å². The van der Waals surface area contributed by atoms with Crippen LogP contribution in [-0.4, -0.2) is 43.6 Å². The minimum Gasteiger partial charge on any atom is -0.367 e. The van der Waals surface area contributed by atoms with E-state index in [4.69, 9.17) is 5.73 Å². The number of nitrogens with one attached hydrogen (secondary N) is 1. The number of hydrogen-bond donors (Lipinski definition) is 2. The van der Waals surface area contributed by atoms with Gasteiger partial charge in [0.1, 0.15) is 17.3 Å².